The number of aromatic nitrogens is 2. The van der Waals surface area contributed by atoms with Gasteiger partial charge < -0.3 is 5.11 Å². The minimum absolute atomic E-state index is 0.127. The molecule has 0 saturated heterocycles. The molecule has 0 unspecified atom stereocenters. The van der Waals surface area contributed by atoms with E-state index in [4.69, 9.17) is 0 Å². The molecule has 0 fully saturated rings. The first-order valence-corrected chi connectivity index (χ1v) is 6.01. The van der Waals surface area contributed by atoms with Gasteiger partial charge in [0, 0.05) is 6.04 Å². The molecular weight excluding hydrogens is 212 g/mol. The van der Waals surface area contributed by atoms with Gasteiger partial charge in [-0.25, -0.2) is 0 Å². The second kappa shape index (κ2) is 4.62. The number of benzene rings is 1. The van der Waals surface area contributed by atoms with E-state index in [1.165, 1.54) is 0 Å². The van der Waals surface area contributed by atoms with E-state index < -0.39 is 0 Å². The molecule has 0 spiro atoms. The molecule has 0 saturated carbocycles. The normalized spacial score (nSPS) is 11.1. The maximum Gasteiger partial charge on any atom is 0.238 e. The van der Waals surface area contributed by atoms with Crippen LogP contribution in [0.25, 0.3) is 11.1 Å². The highest BCUT2D eigenvalue weighted by Crippen LogP contribution is 2.33. The summed E-state index contributed by atoms with van der Waals surface area (Å²) in [5, 5.41) is 14.2. The Labute approximate surface area is 102 Å². The molecule has 1 N–H and O–H groups in total. The van der Waals surface area contributed by atoms with Crippen LogP contribution in [0.15, 0.2) is 30.3 Å². The maximum atomic E-state index is 10.0. The average molecular weight is 230 g/mol. The van der Waals surface area contributed by atoms with Gasteiger partial charge >= 0.3 is 0 Å². The van der Waals surface area contributed by atoms with Gasteiger partial charge in [-0.15, -0.1) is 5.10 Å². The standard InChI is InChI=1S/C14H18N2O/c1-4-12-13(11-8-6-5-7-9-11)14(17)15-16(12)10(2)3/h5-10H,4H2,1-3H3,(H,15,17). The third-order valence-corrected chi connectivity index (χ3v) is 2.88. The van der Waals surface area contributed by atoms with Gasteiger partial charge in [-0.1, -0.05) is 37.3 Å². The van der Waals surface area contributed by atoms with E-state index in [-0.39, 0.29) is 11.9 Å². The van der Waals surface area contributed by atoms with Gasteiger partial charge in [0.1, 0.15) is 0 Å². The van der Waals surface area contributed by atoms with Gasteiger partial charge in [0.25, 0.3) is 0 Å². The minimum Gasteiger partial charge on any atom is -0.492 e. The molecule has 1 aromatic carbocycles. The summed E-state index contributed by atoms with van der Waals surface area (Å²) in [4.78, 5) is 0. The zero-order valence-electron chi connectivity index (χ0n) is 10.5. The Balaban J connectivity index is 2.62. The van der Waals surface area contributed by atoms with Crippen molar-refractivity contribution < 1.29 is 5.11 Å². The van der Waals surface area contributed by atoms with E-state index in [9.17, 15) is 5.11 Å². The van der Waals surface area contributed by atoms with Crippen LogP contribution in [-0.2, 0) is 6.42 Å². The third-order valence-electron chi connectivity index (χ3n) is 2.88. The zero-order chi connectivity index (χ0) is 12.4. The fourth-order valence-electron chi connectivity index (χ4n) is 2.12. The fourth-order valence-corrected chi connectivity index (χ4v) is 2.12. The van der Waals surface area contributed by atoms with E-state index in [0.717, 1.165) is 23.2 Å². The van der Waals surface area contributed by atoms with Crippen LogP contribution in [0.2, 0.25) is 0 Å². The molecule has 0 atom stereocenters. The number of hydrogen-bond donors (Lipinski definition) is 1. The van der Waals surface area contributed by atoms with Crippen molar-refractivity contribution in [1.29, 1.82) is 0 Å². The number of rotatable bonds is 3. The Hall–Kier alpha value is -1.77. The predicted molar refractivity (Wildman–Crippen MR) is 69.1 cm³/mol. The summed E-state index contributed by atoms with van der Waals surface area (Å²) in [5.74, 6) is 0.127. The fraction of sp³-hybridized carbons (Fsp3) is 0.357. The van der Waals surface area contributed by atoms with Crippen molar-refractivity contribution in [3.8, 4) is 17.0 Å². The van der Waals surface area contributed by atoms with Gasteiger partial charge in [0.05, 0.1) is 11.3 Å². The first-order valence-electron chi connectivity index (χ1n) is 6.01. The topological polar surface area (TPSA) is 38.1 Å². The van der Waals surface area contributed by atoms with Gasteiger partial charge in [-0.2, -0.15) is 0 Å². The molecule has 3 heteroatoms. The summed E-state index contributed by atoms with van der Waals surface area (Å²) in [7, 11) is 0. The molecule has 1 aromatic heterocycles. The number of aromatic hydroxyl groups is 1. The van der Waals surface area contributed by atoms with Crippen LogP contribution >= 0.6 is 0 Å². The molecule has 90 valence electrons. The van der Waals surface area contributed by atoms with E-state index in [0.29, 0.717) is 0 Å². The smallest absolute Gasteiger partial charge is 0.238 e. The first-order chi connectivity index (χ1) is 8.15. The van der Waals surface area contributed by atoms with Crippen molar-refractivity contribution in [2.24, 2.45) is 0 Å². The summed E-state index contributed by atoms with van der Waals surface area (Å²) in [5.41, 5.74) is 2.97. The maximum absolute atomic E-state index is 10.0. The van der Waals surface area contributed by atoms with Crippen LogP contribution in [0.4, 0.5) is 0 Å². The SMILES string of the molecule is CCc1c(-c2ccccc2)c(O)nn1C(C)C. The summed E-state index contributed by atoms with van der Waals surface area (Å²) in [6, 6.07) is 10.2. The molecule has 2 rings (SSSR count). The van der Waals surface area contributed by atoms with Gasteiger partial charge in [0.15, 0.2) is 0 Å². The van der Waals surface area contributed by atoms with E-state index in [1.54, 1.807) is 0 Å². The average Bonchev–Trinajstić information content (AvgIpc) is 2.67. The molecule has 0 aliphatic carbocycles. The van der Waals surface area contributed by atoms with Crippen LogP contribution < -0.4 is 0 Å². The second-order valence-corrected chi connectivity index (χ2v) is 4.40. The minimum atomic E-state index is 0.127. The molecule has 0 radical (unpaired) electrons. The summed E-state index contributed by atoms with van der Waals surface area (Å²) in [6.07, 6.45) is 0.857. The van der Waals surface area contributed by atoms with Crippen molar-refractivity contribution in [3.05, 3.63) is 36.0 Å². The highest BCUT2D eigenvalue weighted by molar-refractivity contribution is 5.71. The molecule has 0 bridgehead atoms. The number of nitrogens with zero attached hydrogens (tertiary/aromatic N) is 2. The summed E-state index contributed by atoms with van der Waals surface area (Å²) < 4.78 is 1.90. The van der Waals surface area contributed by atoms with Crippen molar-refractivity contribution >= 4 is 0 Å². The molecule has 3 nitrogen and oxygen atoms in total. The lowest BCUT2D eigenvalue weighted by Gasteiger charge is -2.10. The van der Waals surface area contributed by atoms with Crippen molar-refractivity contribution in [2.45, 2.75) is 33.2 Å². The summed E-state index contributed by atoms with van der Waals surface area (Å²) >= 11 is 0. The Morgan fingerprint density at radius 2 is 1.88 bits per heavy atom. The lowest BCUT2D eigenvalue weighted by molar-refractivity contribution is 0.424. The highest BCUT2D eigenvalue weighted by atomic mass is 16.3. The molecule has 0 aliphatic rings. The van der Waals surface area contributed by atoms with Gasteiger partial charge in [0.2, 0.25) is 5.88 Å². The van der Waals surface area contributed by atoms with Crippen molar-refractivity contribution in [2.75, 3.05) is 0 Å². The van der Waals surface area contributed by atoms with Crippen molar-refractivity contribution in [3.63, 3.8) is 0 Å². The van der Waals surface area contributed by atoms with E-state index in [1.807, 2.05) is 35.0 Å². The Morgan fingerprint density at radius 3 is 2.41 bits per heavy atom. The monoisotopic (exact) mass is 230 g/mol. The quantitative estimate of drug-likeness (QED) is 0.877. The molecule has 0 amide bonds. The molecule has 2 aromatic rings. The van der Waals surface area contributed by atoms with Crippen LogP contribution in [0, 0.1) is 0 Å². The first kappa shape index (κ1) is 11.7. The molecule has 1 heterocycles. The largest absolute Gasteiger partial charge is 0.492 e. The molecular formula is C14H18N2O. The second-order valence-electron chi connectivity index (χ2n) is 4.40. The predicted octanol–water partition coefficient (Wildman–Crippen LogP) is 3.40. The molecule has 17 heavy (non-hydrogen) atoms. The highest BCUT2D eigenvalue weighted by Gasteiger charge is 2.18. The van der Waals surface area contributed by atoms with Crippen LogP contribution in [0.3, 0.4) is 0 Å². The van der Waals surface area contributed by atoms with Crippen LogP contribution in [0.1, 0.15) is 32.5 Å². The van der Waals surface area contributed by atoms with Gasteiger partial charge in [-0.05, 0) is 25.8 Å². The van der Waals surface area contributed by atoms with Crippen LogP contribution in [-0.4, -0.2) is 14.9 Å². The lowest BCUT2D eigenvalue weighted by Crippen LogP contribution is -2.07. The van der Waals surface area contributed by atoms with E-state index >= 15 is 0 Å². The Morgan fingerprint density at radius 1 is 1.24 bits per heavy atom. The number of hydrogen-bond acceptors (Lipinski definition) is 2. The Bertz CT molecular complexity index is 500. The molecule has 0 aliphatic heterocycles. The van der Waals surface area contributed by atoms with E-state index in [2.05, 4.69) is 25.9 Å². The summed E-state index contributed by atoms with van der Waals surface area (Å²) in [6.45, 7) is 6.22. The lowest BCUT2D eigenvalue weighted by atomic mass is 10.0. The third kappa shape index (κ3) is 2.05. The van der Waals surface area contributed by atoms with Gasteiger partial charge in [-0.3, -0.25) is 4.68 Å². The zero-order valence-corrected chi connectivity index (χ0v) is 10.5. The Kier molecular flexibility index (Phi) is 3.18. The van der Waals surface area contributed by atoms with Crippen LogP contribution in [0.5, 0.6) is 5.88 Å². The van der Waals surface area contributed by atoms with Crippen molar-refractivity contribution in [1.82, 2.24) is 9.78 Å².